The molecule has 2 aromatic rings. The van der Waals surface area contributed by atoms with E-state index in [-0.39, 0.29) is 35.8 Å². The van der Waals surface area contributed by atoms with Crippen LogP contribution in [-0.2, 0) is 16.4 Å². The van der Waals surface area contributed by atoms with Gasteiger partial charge in [0.25, 0.3) is 0 Å². The van der Waals surface area contributed by atoms with E-state index in [1.807, 2.05) is 31.2 Å². The maximum atomic E-state index is 11.2. The van der Waals surface area contributed by atoms with Gasteiger partial charge in [0.15, 0.2) is 5.96 Å². The summed E-state index contributed by atoms with van der Waals surface area (Å²) in [5, 5.41) is 10.5. The highest BCUT2D eigenvalue weighted by Crippen LogP contribution is 2.07. The van der Waals surface area contributed by atoms with Gasteiger partial charge in [-0.1, -0.05) is 12.1 Å². The molecule has 0 fully saturated rings. The molecule has 0 spiro atoms. The molecule has 1 aromatic heterocycles. The minimum absolute atomic E-state index is 0. The van der Waals surface area contributed by atoms with E-state index in [1.54, 1.807) is 18.1 Å². The van der Waals surface area contributed by atoms with Crippen LogP contribution in [-0.4, -0.2) is 54.2 Å². The van der Waals surface area contributed by atoms with Crippen LogP contribution >= 0.6 is 24.0 Å². The summed E-state index contributed by atoms with van der Waals surface area (Å²) in [6.45, 7) is 2.54. The third kappa shape index (κ3) is 7.68. The predicted molar refractivity (Wildman–Crippen MR) is 114 cm³/mol. The number of aromatic nitrogens is 3. The van der Waals surface area contributed by atoms with Gasteiger partial charge in [-0.05, 0) is 31.0 Å². The molecule has 8 nitrogen and oxygen atoms in total. The largest absolute Gasteiger partial charge is 0.354 e. The Morgan fingerprint density at radius 3 is 2.54 bits per heavy atom. The Balaban J connectivity index is 0.00000338. The minimum Gasteiger partial charge on any atom is -0.354 e. The molecule has 0 saturated carbocycles. The summed E-state index contributed by atoms with van der Waals surface area (Å²) in [6.07, 6.45) is 4.93. The molecule has 0 radical (unpaired) electrons. The Morgan fingerprint density at radius 1 is 1.31 bits per heavy atom. The molecule has 0 saturated heterocycles. The van der Waals surface area contributed by atoms with Crippen molar-refractivity contribution in [3.05, 3.63) is 42.5 Å². The third-order valence-electron chi connectivity index (χ3n) is 3.61. The van der Waals surface area contributed by atoms with E-state index in [4.69, 9.17) is 0 Å². The van der Waals surface area contributed by atoms with E-state index in [0.717, 1.165) is 11.3 Å². The Kier molecular flexibility index (Phi) is 8.99. The van der Waals surface area contributed by atoms with Gasteiger partial charge in [0, 0.05) is 25.9 Å². The second-order valence-electron chi connectivity index (χ2n) is 5.90. The van der Waals surface area contributed by atoms with Crippen molar-refractivity contribution in [3.63, 3.8) is 0 Å². The molecule has 0 amide bonds. The molecule has 0 aliphatic rings. The summed E-state index contributed by atoms with van der Waals surface area (Å²) in [5.41, 5.74) is 2.04. The second-order valence-corrected chi connectivity index (χ2v) is 8.16. The van der Waals surface area contributed by atoms with Crippen molar-refractivity contribution >= 4 is 39.8 Å². The summed E-state index contributed by atoms with van der Waals surface area (Å²) in [7, 11) is -1.26. The molecule has 1 atom stereocenters. The first-order valence-electron chi connectivity index (χ1n) is 7.96. The van der Waals surface area contributed by atoms with Crippen LogP contribution in [0.5, 0.6) is 0 Å². The lowest BCUT2D eigenvalue weighted by Crippen LogP contribution is -2.42. The second kappa shape index (κ2) is 10.5. The number of hydrogen-bond acceptors (Lipinski definition) is 5. The number of sulfone groups is 1. The van der Waals surface area contributed by atoms with Gasteiger partial charge in [0.1, 0.15) is 22.5 Å². The minimum atomic E-state index is -2.95. The van der Waals surface area contributed by atoms with E-state index in [1.165, 1.54) is 12.6 Å². The molecule has 1 aromatic carbocycles. The number of nitrogens with one attached hydrogen (secondary N) is 2. The highest BCUT2D eigenvalue weighted by atomic mass is 127. The van der Waals surface area contributed by atoms with Crippen molar-refractivity contribution in [2.45, 2.75) is 25.9 Å². The number of halogens is 1. The van der Waals surface area contributed by atoms with Crippen LogP contribution in [0.1, 0.15) is 18.9 Å². The molecule has 0 aliphatic heterocycles. The lowest BCUT2D eigenvalue weighted by Gasteiger charge is -2.17. The Bertz CT molecular complexity index is 791. The van der Waals surface area contributed by atoms with Gasteiger partial charge in [0.05, 0.1) is 11.4 Å². The molecule has 10 heteroatoms. The summed E-state index contributed by atoms with van der Waals surface area (Å²) >= 11 is 0. The van der Waals surface area contributed by atoms with E-state index in [2.05, 4.69) is 25.7 Å². The van der Waals surface area contributed by atoms with Crippen LogP contribution < -0.4 is 10.6 Å². The van der Waals surface area contributed by atoms with Gasteiger partial charge < -0.3 is 10.6 Å². The van der Waals surface area contributed by atoms with Gasteiger partial charge >= 0.3 is 0 Å². The van der Waals surface area contributed by atoms with Gasteiger partial charge in [-0.15, -0.1) is 24.0 Å². The van der Waals surface area contributed by atoms with Gasteiger partial charge in [-0.2, -0.15) is 5.10 Å². The molecule has 0 aliphatic carbocycles. The van der Waals surface area contributed by atoms with Crippen molar-refractivity contribution in [3.8, 4) is 5.69 Å². The summed E-state index contributed by atoms with van der Waals surface area (Å²) in [6, 6.07) is 7.96. The first-order valence-corrected chi connectivity index (χ1v) is 10.0. The average molecular weight is 492 g/mol. The van der Waals surface area contributed by atoms with Crippen LogP contribution in [0.2, 0.25) is 0 Å². The van der Waals surface area contributed by atoms with Gasteiger partial charge in [-0.3, -0.25) is 4.99 Å². The molecule has 26 heavy (non-hydrogen) atoms. The number of guanidine groups is 1. The molecule has 144 valence electrons. The Morgan fingerprint density at radius 2 is 2.00 bits per heavy atom. The fraction of sp³-hybridized carbons (Fsp3) is 0.438. The number of nitrogens with zero attached hydrogens (tertiary/aromatic N) is 4. The summed E-state index contributed by atoms with van der Waals surface area (Å²) in [5.74, 6) is 0.795. The number of rotatable bonds is 7. The fourth-order valence-corrected chi connectivity index (χ4v) is 2.97. The zero-order chi connectivity index (χ0) is 18.3. The van der Waals surface area contributed by atoms with Crippen molar-refractivity contribution in [2.24, 2.45) is 4.99 Å². The lowest BCUT2D eigenvalue weighted by molar-refractivity contribution is 0.581. The maximum absolute atomic E-state index is 11.2. The smallest absolute Gasteiger partial charge is 0.191 e. The third-order valence-corrected chi connectivity index (χ3v) is 4.59. The summed E-state index contributed by atoms with van der Waals surface area (Å²) < 4.78 is 24.2. The van der Waals surface area contributed by atoms with Gasteiger partial charge in [0.2, 0.25) is 0 Å². The molecule has 2 rings (SSSR count). The quantitative estimate of drug-likeness (QED) is 0.344. The van der Waals surface area contributed by atoms with Crippen LogP contribution in [0.15, 0.2) is 41.9 Å². The molecule has 0 bridgehead atoms. The molecular formula is C16H25IN6O2S. The van der Waals surface area contributed by atoms with Gasteiger partial charge in [-0.25, -0.2) is 18.1 Å². The molecule has 1 heterocycles. The molecule has 1 unspecified atom stereocenters. The van der Waals surface area contributed by atoms with E-state index < -0.39 is 9.84 Å². The highest BCUT2D eigenvalue weighted by Gasteiger charge is 2.09. The summed E-state index contributed by atoms with van der Waals surface area (Å²) in [4.78, 5) is 8.10. The van der Waals surface area contributed by atoms with Crippen molar-refractivity contribution in [1.82, 2.24) is 25.4 Å². The van der Waals surface area contributed by atoms with Crippen LogP contribution in [0.25, 0.3) is 5.69 Å². The molecular weight excluding hydrogens is 467 g/mol. The van der Waals surface area contributed by atoms with Crippen molar-refractivity contribution in [1.29, 1.82) is 0 Å². The maximum Gasteiger partial charge on any atom is 0.191 e. The van der Waals surface area contributed by atoms with E-state index in [9.17, 15) is 8.42 Å². The Labute approximate surface area is 171 Å². The fourth-order valence-electron chi connectivity index (χ4n) is 2.18. The number of hydrogen-bond donors (Lipinski definition) is 2. The first-order chi connectivity index (χ1) is 11.9. The number of aliphatic imine (C=N–C) groups is 1. The van der Waals surface area contributed by atoms with Crippen LogP contribution in [0.4, 0.5) is 0 Å². The van der Waals surface area contributed by atoms with E-state index in [0.29, 0.717) is 18.9 Å². The predicted octanol–water partition coefficient (Wildman–Crippen LogP) is 1.37. The SMILES string of the molecule is CN=C(NCc1ccc(-n2cncn2)cc1)NC(C)CCS(C)(=O)=O.I. The van der Waals surface area contributed by atoms with Crippen molar-refractivity contribution in [2.75, 3.05) is 19.1 Å². The van der Waals surface area contributed by atoms with E-state index >= 15 is 0 Å². The van der Waals surface area contributed by atoms with Crippen LogP contribution in [0, 0.1) is 0 Å². The monoisotopic (exact) mass is 492 g/mol. The zero-order valence-electron chi connectivity index (χ0n) is 15.1. The Hall–Kier alpha value is -1.69. The standard InChI is InChI=1S/C16H24N6O2S.HI/c1-13(8-9-25(3,23)24)21-16(17-2)19-10-14-4-6-15(7-5-14)22-12-18-11-20-22;/h4-7,11-13H,8-10H2,1-3H3,(H2,17,19,21);1H. The highest BCUT2D eigenvalue weighted by molar-refractivity contribution is 14.0. The van der Waals surface area contributed by atoms with Crippen LogP contribution in [0.3, 0.4) is 0 Å². The molecule has 2 N–H and O–H groups in total. The van der Waals surface area contributed by atoms with Crippen molar-refractivity contribution < 1.29 is 8.42 Å². The topological polar surface area (TPSA) is 101 Å². The lowest BCUT2D eigenvalue weighted by atomic mass is 10.2. The average Bonchev–Trinajstić information content (AvgIpc) is 3.11. The normalized spacial score (nSPS) is 13.0. The first kappa shape index (κ1) is 22.4. The number of benzene rings is 1. The zero-order valence-corrected chi connectivity index (χ0v) is 18.2.